The summed E-state index contributed by atoms with van der Waals surface area (Å²) in [7, 11) is -2.31. The molecule has 0 saturated heterocycles. The SMILES string of the molecule is C=C[Si](O)(CC)c1ccccc1. The molecule has 0 saturated carbocycles. The molecule has 1 N–H and O–H groups in total. The van der Waals surface area contributed by atoms with Crippen molar-refractivity contribution in [2.24, 2.45) is 0 Å². The Morgan fingerprint density at radius 2 is 2.00 bits per heavy atom. The van der Waals surface area contributed by atoms with Crippen molar-refractivity contribution in [3.05, 3.63) is 42.6 Å². The molecule has 0 aliphatic carbocycles. The van der Waals surface area contributed by atoms with E-state index in [1.807, 2.05) is 37.3 Å². The van der Waals surface area contributed by atoms with Crippen LogP contribution in [0.1, 0.15) is 6.92 Å². The lowest BCUT2D eigenvalue weighted by Gasteiger charge is -2.18. The molecule has 64 valence electrons. The van der Waals surface area contributed by atoms with Crippen LogP contribution in [0.5, 0.6) is 0 Å². The topological polar surface area (TPSA) is 20.2 Å². The molecular formula is C10H14OSi. The lowest BCUT2D eigenvalue weighted by molar-refractivity contribution is 0.566. The summed E-state index contributed by atoms with van der Waals surface area (Å²) < 4.78 is 0. The quantitative estimate of drug-likeness (QED) is 0.697. The number of hydrogen-bond acceptors (Lipinski definition) is 1. The lowest BCUT2D eigenvalue weighted by atomic mass is 10.4. The summed E-state index contributed by atoms with van der Waals surface area (Å²) in [6.45, 7) is 5.69. The van der Waals surface area contributed by atoms with Crippen LogP contribution in [0, 0.1) is 0 Å². The fourth-order valence-electron chi connectivity index (χ4n) is 1.19. The Morgan fingerprint density at radius 3 is 2.42 bits per heavy atom. The zero-order valence-corrected chi connectivity index (χ0v) is 8.33. The summed E-state index contributed by atoms with van der Waals surface area (Å²) in [6.07, 6.45) is 0. The van der Waals surface area contributed by atoms with E-state index in [9.17, 15) is 4.80 Å². The first kappa shape index (κ1) is 9.23. The highest BCUT2D eigenvalue weighted by Crippen LogP contribution is 2.06. The van der Waals surface area contributed by atoms with Gasteiger partial charge in [-0.3, -0.25) is 0 Å². The van der Waals surface area contributed by atoms with E-state index >= 15 is 0 Å². The van der Waals surface area contributed by atoms with Crippen molar-refractivity contribution in [3.63, 3.8) is 0 Å². The highest BCUT2D eigenvalue weighted by molar-refractivity contribution is 6.89. The summed E-state index contributed by atoms with van der Waals surface area (Å²) in [4.78, 5) is 10.1. The molecule has 0 radical (unpaired) electrons. The van der Waals surface area contributed by atoms with Gasteiger partial charge >= 0.3 is 0 Å². The standard InChI is InChI=1S/C10H14OSi/c1-3-12(11,4-2)10-8-6-5-7-9-10/h3,5-9,11H,1,4H2,2H3. The molecule has 0 fully saturated rings. The van der Waals surface area contributed by atoms with Crippen LogP contribution in [0.3, 0.4) is 0 Å². The summed E-state index contributed by atoms with van der Waals surface area (Å²) in [5.41, 5.74) is 1.72. The Kier molecular flexibility index (Phi) is 2.84. The number of rotatable bonds is 3. The summed E-state index contributed by atoms with van der Waals surface area (Å²) in [5.74, 6) is 0. The maximum atomic E-state index is 10.1. The smallest absolute Gasteiger partial charge is 0.244 e. The van der Waals surface area contributed by atoms with Gasteiger partial charge in [-0.25, -0.2) is 0 Å². The van der Waals surface area contributed by atoms with Gasteiger partial charge in [0.1, 0.15) is 0 Å². The molecule has 1 rings (SSSR count). The molecule has 0 aliphatic rings. The predicted molar refractivity (Wildman–Crippen MR) is 54.7 cm³/mol. The Morgan fingerprint density at radius 1 is 1.42 bits per heavy atom. The van der Waals surface area contributed by atoms with E-state index in [4.69, 9.17) is 0 Å². The second-order valence-corrected chi connectivity index (χ2v) is 6.39. The van der Waals surface area contributed by atoms with Gasteiger partial charge in [0.05, 0.1) is 0 Å². The molecule has 2 heteroatoms. The van der Waals surface area contributed by atoms with Crippen molar-refractivity contribution in [3.8, 4) is 0 Å². The van der Waals surface area contributed by atoms with E-state index < -0.39 is 8.32 Å². The van der Waals surface area contributed by atoms with Gasteiger partial charge in [-0.05, 0) is 11.2 Å². The third-order valence-electron chi connectivity index (χ3n) is 2.15. The van der Waals surface area contributed by atoms with Gasteiger partial charge in [0.2, 0.25) is 8.32 Å². The fourth-order valence-corrected chi connectivity index (χ4v) is 2.90. The Hall–Kier alpha value is -0.863. The molecule has 0 spiro atoms. The minimum Gasteiger partial charge on any atom is -0.424 e. The molecule has 1 unspecified atom stereocenters. The minimum absolute atomic E-state index is 0.792. The maximum Gasteiger partial charge on any atom is 0.244 e. The van der Waals surface area contributed by atoms with Crippen LogP contribution in [0.4, 0.5) is 0 Å². The van der Waals surface area contributed by atoms with E-state index in [0.29, 0.717) is 0 Å². The van der Waals surface area contributed by atoms with Gasteiger partial charge in [-0.15, -0.1) is 6.58 Å². The van der Waals surface area contributed by atoms with Crippen LogP contribution in [-0.4, -0.2) is 13.1 Å². The van der Waals surface area contributed by atoms with Gasteiger partial charge in [0, 0.05) is 0 Å². The summed E-state index contributed by atoms with van der Waals surface area (Å²) in [5, 5.41) is 1.04. The lowest BCUT2D eigenvalue weighted by Crippen LogP contribution is -2.45. The second-order valence-electron chi connectivity index (χ2n) is 2.85. The van der Waals surface area contributed by atoms with Crippen LogP contribution in [0.2, 0.25) is 6.04 Å². The van der Waals surface area contributed by atoms with Crippen molar-refractivity contribution in [1.29, 1.82) is 0 Å². The maximum absolute atomic E-state index is 10.1. The molecule has 0 bridgehead atoms. The third kappa shape index (κ3) is 1.65. The zero-order valence-electron chi connectivity index (χ0n) is 7.33. The first-order valence-corrected chi connectivity index (χ1v) is 6.37. The Balaban J connectivity index is 3.03. The molecule has 0 amide bonds. The largest absolute Gasteiger partial charge is 0.424 e. The average molecular weight is 178 g/mol. The number of hydrogen-bond donors (Lipinski definition) is 1. The van der Waals surface area contributed by atoms with Crippen LogP contribution in [-0.2, 0) is 0 Å². The predicted octanol–water partition coefficient (Wildman–Crippen LogP) is 1.58. The van der Waals surface area contributed by atoms with Crippen molar-refractivity contribution in [2.45, 2.75) is 13.0 Å². The van der Waals surface area contributed by atoms with E-state index in [1.165, 1.54) is 0 Å². The van der Waals surface area contributed by atoms with Crippen LogP contribution in [0.15, 0.2) is 42.6 Å². The van der Waals surface area contributed by atoms with Crippen molar-refractivity contribution < 1.29 is 4.80 Å². The van der Waals surface area contributed by atoms with Gasteiger partial charge in [-0.2, -0.15) is 0 Å². The molecule has 1 atom stereocenters. The van der Waals surface area contributed by atoms with Crippen LogP contribution >= 0.6 is 0 Å². The minimum atomic E-state index is -2.31. The van der Waals surface area contributed by atoms with E-state index in [2.05, 4.69) is 6.58 Å². The zero-order chi connectivity index (χ0) is 9.03. The van der Waals surface area contributed by atoms with Crippen molar-refractivity contribution in [2.75, 3.05) is 0 Å². The second kappa shape index (κ2) is 3.69. The van der Waals surface area contributed by atoms with Crippen molar-refractivity contribution in [1.82, 2.24) is 0 Å². The first-order chi connectivity index (χ1) is 5.73. The third-order valence-corrected chi connectivity index (χ3v) is 5.24. The molecule has 1 aromatic carbocycles. The van der Waals surface area contributed by atoms with Gasteiger partial charge in [-0.1, -0.05) is 43.0 Å². The Labute approximate surface area is 74.5 Å². The Bertz CT molecular complexity index is 258. The van der Waals surface area contributed by atoms with E-state index in [0.717, 1.165) is 11.2 Å². The molecule has 12 heavy (non-hydrogen) atoms. The fraction of sp³-hybridized carbons (Fsp3) is 0.200. The van der Waals surface area contributed by atoms with Crippen LogP contribution in [0.25, 0.3) is 0 Å². The van der Waals surface area contributed by atoms with E-state index in [1.54, 1.807) is 5.70 Å². The number of benzene rings is 1. The monoisotopic (exact) mass is 178 g/mol. The molecule has 1 aromatic rings. The van der Waals surface area contributed by atoms with Gasteiger partial charge in [0.25, 0.3) is 0 Å². The highest BCUT2D eigenvalue weighted by Gasteiger charge is 2.26. The molecule has 0 heterocycles. The average Bonchev–Trinajstić information content (AvgIpc) is 2.18. The van der Waals surface area contributed by atoms with E-state index in [-0.39, 0.29) is 0 Å². The molecule has 0 aliphatic heterocycles. The van der Waals surface area contributed by atoms with Gasteiger partial charge < -0.3 is 4.80 Å². The highest BCUT2D eigenvalue weighted by atomic mass is 28.4. The first-order valence-electron chi connectivity index (χ1n) is 4.14. The summed E-state index contributed by atoms with van der Waals surface area (Å²) >= 11 is 0. The van der Waals surface area contributed by atoms with Gasteiger partial charge in [0.15, 0.2) is 0 Å². The molecule has 1 nitrogen and oxygen atoms in total. The van der Waals surface area contributed by atoms with Crippen molar-refractivity contribution >= 4 is 13.5 Å². The molecule has 0 aromatic heterocycles. The normalized spacial score (nSPS) is 15.2. The summed E-state index contributed by atoms with van der Waals surface area (Å²) in [6, 6.07) is 10.6. The van der Waals surface area contributed by atoms with Crippen LogP contribution < -0.4 is 5.19 Å². The molecular weight excluding hydrogens is 164 g/mol.